The molecule has 0 amide bonds. The molecule has 1 nitrogen and oxygen atoms in total. The van der Waals surface area contributed by atoms with Crippen molar-refractivity contribution in [1.82, 2.24) is 0 Å². The van der Waals surface area contributed by atoms with Crippen molar-refractivity contribution in [1.29, 1.82) is 0 Å². The molecule has 1 aromatic heterocycles. The molecular formula is C12H9ClF3NS. The minimum absolute atomic E-state index is 0.288. The van der Waals surface area contributed by atoms with E-state index >= 15 is 0 Å². The van der Waals surface area contributed by atoms with Crippen LogP contribution in [0.4, 0.5) is 18.9 Å². The molecule has 0 saturated carbocycles. The van der Waals surface area contributed by atoms with Crippen LogP contribution < -0.4 is 5.32 Å². The summed E-state index contributed by atoms with van der Waals surface area (Å²) >= 11 is 7.08. The zero-order chi connectivity index (χ0) is 13.2. The molecule has 0 aliphatic carbocycles. The van der Waals surface area contributed by atoms with Gasteiger partial charge in [0.15, 0.2) is 0 Å². The molecule has 0 aliphatic heterocycles. The molecule has 96 valence electrons. The number of anilines is 1. The number of thiophene rings is 1. The molecule has 0 unspecified atom stereocenters. The Labute approximate surface area is 111 Å². The van der Waals surface area contributed by atoms with Gasteiger partial charge in [0.25, 0.3) is 0 Å². The molecule has 0 spiro atoms. The molecular weight excluding hydrogens is 283 g/mol. The highest BCUT2D eigenvalue weighted by molar-refractivity contribution is 7.09. The summed E-state index contributed by atoms with van der Waals surface area (Å²) < 4.78 is 37.9. The molecule has 2 rings (SSSR count). The third-order valence-electron chi connectivity index (χ3n) is 2.32. The Morgan fingerprint density at radius 1 is 1.22 bits per heavy atom. The van der Waals surface area contributed by atoms with Gasteiger partial charge in [0.1, 0.15) is 0 Å². The predicted octanol–water partition coefficient (Wildman–Crippen LogP) is 5.03. The molecule has 1 heterocycles. The lowest BCUT2D eigenvalue weighted by atomic mass is 10.2. The van der Waals surface area contributed by atoms with Gasteiger partial charge in [0.2, 0.25) is 0 Å². The van der Waals surface area contributed by atoms with Gasteiger partial charge in [-0.1, -0.05) is 17.7 Å². The van der Waals surface area contributed by atoms with Crippen LogP contribution in [0.15, 0.2) is 35.7 Å². The first kappa shape index (κ1) is 13.2. The summed E-state index contributed by atoms with van der Waals surface area (Å²) in [5.41, 5.74) is -0.416. The van der Waals surface area contributed by atoms with E-state index in [4.69, 9.17) is 11.6 Å². The molecule has 0 radical (unpaired) electrons. The largest absolute Gasteiger partial charge is 0.417 e. The van der Waals surface area contributed by atoms with E-state index < -0.39 is 11.7 Å². The van der Waals surface area contributed by atoms with Crippen LogP contribution in [0.3, 0.4) is 0 Å². The van der Waals surface area contributed by atoms with Crippen LogP contribution in [0.5, 0.6) is 0 Å². The van der Waals surface area contributed by atoms with Crippen LogP contribution in [-0.4, -0.2) is 0 Å². The van der Waals surface area contributed by atoms with Gasteiger partial charge in [0.05, 0.1) is 10.6 Å². The number of alkyl halides is 3. The lowest BCUT2D eigenvalue weighted by Gasteiger charge is -2.11. The Morgan fingerprint density at radius 2 is 2.00 bits per heavy atom. The van der Waals surface area contributed by atoms with Crippen molar-refractivity contribution in [2.24, 2.45) is 0 Å². The molecule has 1 N–H and O–H groups in total. The van der Waals surface area contributed by atoms with Crippen molar-refractivity contribution in [3.63, 3.8) is 0 Å². The lowest BCUT2D eigenvalue weighted by molar-refractivity contribution is -0.137. The Hall–Kier alpha value is -1.20. The van der Waals surface area contributed by atoms with E-state index in [1.165, 1.54) is 12.1 Å². The van der Waals surface area contributed by atoms with Gasteiger partial charge >= 0.3 is 6.18 Å². The second kappa shape index (κ2) is 5.20. The van der Waals surface area contributed by atoms with E-state index in [0.717, 1.165) is 10.9 Å². The van der Waals surface area contributed by atoms with Crippen molar-refractivity contribution >= 4 is 28.6 Å². The first-order valence-corrected chi connectivity index (χ1v) is 6.35. The van der Waals surface area contributed by atoms with Crippen molar-refractivity contribution < 1.29 is 13.2 Å². The number of hydrogen-bond donors (Lipinski definition) is 1. The molecule has 1 aromatic carbocycles. The number of nitrogens with one attached hydrogen (secondary N) is 1. The minimum atomic E-state index is -4.43. The van der Waals surface area contributed by atoms with Gasteiger partial charge in [-0.05, 0) is 29.6 Å². The summed E-state index contributed by atoms with van der Waals surface area (Å²) in [6.07, 6.45) is -4.43. The van der Waals surface area contributed by atoms with Crippen LogP contribution in [0.1, 0.15) is 10.4 Å². The average Bonchev–Trinajstić information content (AvgIpc) is 2.79. The number of rotatable bonds is 3. The minimum Gasteiger partial charge on any atom is -0.380 e. The quantitative estimate of drug-likeness (QED) is 0.836. The normalized spacial score (nSPS) is 11.6. The molecule has 0 fully saturated rings. The molecule has 0 aliphatic rings. The monoisotopic (exact) mass is 291 g/mol. The van der Waals surface area contributed by atoms with E-state index in [1.54, 1.807) is 11.3 Å². The Morgan fingerprint density at radius 3 is 2.61 bits per heavy atom. The molecule has 6 heteroatoms. The second-order valence-corrected chi connectivity index (χ2v) is 5.06. The highest BCUT2D eigenvalue weighted by Gasteiger charge is 2.33. The van der Waals surface area contributed by atoms with Crippen molar-refractivity contribution in [3.05, 3.63) is 51.2 Å². The average molecular weight is 292 g/mol. The van der Waals surface area contributed by atoms with Gasteiger partial charge in [-0.15, -0.1) is 11.3 Å². The third kappa shape index (κ3) is 3.17. The SMILES string of the molecule is FC(F)(F)c1cc(NCc2cccs2)ccc1Cl. The molecule has 18 heavy (non-hydrogen) atoms. The summed E-state index contributed by atoms with van der Waals surface area (Å²) in [4.78, 5) is 1.05. The summed E-state index contributed by atoms with van der Waals surface area (Å²) in [6, 6.07) is 7.62. The van der Waals surface area contributed by atoms with E-state index in [-0.39, 0.29) is 5.02 Å². The molecule has 0 atom stereocenters. The Kier molecular flexibility index (Phi) is 3.82. The number of benzene rings is 1. The van der Waals surface area contributed by atoms with Crippen molar-refractivity contribution in [2.75, 3.05) is 5.32 Å². The zero-order valence-corrected chi connectivity index (χ0v) is 10.7. The fraction of sp³-hybridized carbons (Fsp3) is 0.167. The van der Waals surface area contributed by atoms with Gasteiger partial charge in [-0.2, -0.15) is 13.2 Å². The van der Waals surface area contributed by atoms with Crippen LogP contribution >= 0.6 is 22.9 Å². The van der Waals surface area contributed by atoms with Crippen molar-refractivity contribution in [3.8, 4) is 0 Å². The Bertz CT molecular complexity index is 523. The third-order valence-corrected chi connectivity index (χ3v) is 3.52. The van der Waals surface area contributed by atoms with E-state index in [9.17, 15) is 13.2 Å². The van der Waals surface area contributed by atoms with E-state index in [1.807, 2.05) is 17.5 Å². The summed E-state index contributed by atoms with van der Waals surface area (Å²) in [5, 5.41) is 4.57. The maximum atomic E-state index is 12.6. The summed E-state index contributed by atoms with van der Waals surface area (Å²) in [5.74, 6) is 0. The van der Waals surface area contributed by atoms with Gasteiger partial charge < -0.3 is 5.32 Å². The standard InChI is InChI=1S/C12H9ClF3NS/c13-11-4-3-8(6-10(11)12(14,15)16)17-7-9-2-1-5-18-9/h1-6,17H,7H2. The topological polar surface area (TPSA) is 12.0 Å². The van der Waals surface area contributed by atoms with Gasteiger partial charge in [-0.25, -0.2) is 0 Å². The molecule has 0 bridgehead atoms. The van der Waals surface area contributed by atoms with Gasteiger partial charge in [0, 0.05) is 17.1 Å². The highest BCUT2D eigenvalue weighted by atomic mass is 35.5. The lowest BCUT2D eigenvalue weighted by Crippen LogP contribution is -2.07. The summed E-state index contributed by atoms with van der Waals surface area (Å²) in [7, 11) is 0. The van der Waals surface area contributed by atoms with E-state index in [2.05, 4.69) is 5.32 Å². The number of halogens is 4. The Balaban J connectivity index is 2.15. The zero-order valence-electron chi connectivity index (χ0n) is 9.09. The fourth-order valence-electron chi connectivity index (χ4n) is 1.45. The number of hydrogen-bond acceptors (Lipinski definition) is 2. The maximum absolute atomic E-state index is 12.6. The predicted molar refractivity (Wildman–Crippen MR) is 68.1 cm³/mol. The van der Waals surface area contributed by atoms with Crippen molar-refractivity contribution in [2.45, 2.75) is 12.7 Å². The molecule has 2 aromatic rings. The fourth-order valence-corrected chi connectivity index (χ4v) is 2.32. The maximum Gasteiger partial charge on any atom is 0.417 e. The smallest absolute Gasteiger partial charge is 0.380 e. The van der Waals surface area contributed by atoms with Crippen LogP contribution in [-0.2, 0) is 12.7 Å². The van der Waals surface area contributed by atoms with Crippen LogP contribution in [0, 0.1) is 0 Å². The van der Waals surface area contributed by atoms with Crippen LogP contribution in [0.2, 0.25) is 5.02 Å². The first-order valence-electron chi connectivity index (χ1n) is 5.10. The molecule has 0 saturated heterocycles. The van der Waals surface area contributed by atoms with Crippen LogP contribution in [0.25, 0.3) is 0 Å². The second-order valence-electron chi connectivity index (χ2n) is 3.63. The first-order chi connectivity index (χ1) is 8.47. The summed E-state index contributed by atoms with van der Waals surface area (Å²) in [6.45, 7) is 0.497. The van der Waals surface area contributed by atoms with E-state index in [0.29, 0.717) is 12.2 Å². The van der Waals surface area contributed by atoms with Gasteiger partial charge in [-0.3, -0.25) is 0 Å². The highest BCUT2D eigenvalue weighted by Crippen LogP contribution is 2.36.